The Labute approximate surface area is 164 Å². The summed E-state index contributed by atoms with van der Waals surface area (Å²) in [6.45, 7) is 5.44. The first kappa shape index (κ1) is 21.0. The molecule has 1 N–H and O–H groups in total. The largest absolute Gasteiger partial charge is 0.465 e. The summed E-state index contributed by atoms with van der Waals surface area (Å²) in [7, 11) is 1.28. The Hall–Kier alpha value is -3.35. The van der Waals surface area contributed by atoms with Gasteiger partial charge in [0.25, 0.3) is 5.91 Å². The van der Waals surface area contributed by atoms with Gasteiger partial charge in [-0.3, -0.25) is 4.79 Å². The molecule has 0 unspecified atom stereocenters. The fourth-order valence-electron chi connectivity index (χ4n) is 2.65. The van der Waals surface area contributed by atoms with Gasteiger partial charge in [-0.1, -0.05) is 6.07 Å². The van der Waals surface area contributed by atoms with Crippen molar-refractivity contribution in [2.75, 3.05) is 37.0 Å². The normalized spacial score (nSPS) is 10.1. The lowest BCUT2D eigenvalue weighted by Gasteiger charge is -2.20. The molecule has 2 aromatic carbocycles. The third-order valence-corrected chi connectivity index (χ3v) is 4.13. The molecule has 7 heteroatoms. The van der Waals surface area contributed by atoms with Crippen LogP contribution < -0.4 is 10.2 Å². The number of esters is 2. The minimum absolute atomic E-state index is 0.311. The number of hydrogen-bond acceptors (Lipinski definition) is 6. The molecule has 0 radical (unpaired) electrons. The van der Waals surface area contributed by atoms with E-state index in [1.54, 1.807) is 30.3 Å². The van der Waals surface area contributed by atoms with Crippen LogP contribution in [-0.2, 0) is 14.3 Å². The van der Waals surface area contributed by atoms with Crippen LogP contribution in [0.15, 0.2) is 48.5 Å². The fraction of sp³-hybridized carbons (Fsp3) is 0.286. The summed E-state index contributed by atoms with van der Waals surface area (Å²) in [5, 5.41) is 2.58. The third-order valence-electron chi connectivity index (χ3n) is 4.13. The van der Waals surface area contributed by atoms with Gasteiger partial charge in [-0.05, 0) is 56.3 Å². The molecule has 0 fully saturated rings. The van der Waals surface area contributed by atoms with Crippen molar-refractivity contribution in [3.8, 4) is 0 Å². The second-order valence-corrected chi connectivity index (χ2v) is 5.92. The molecule has 1 amide bonds. The maximum Gasteiger partial charge on any atom is 0.338 e. The molecule has 0 saturated heterocycles. The van der Waals surface area contributed by atoms with Gasteiger partial charge in [0.2, 0.25) is 0 Å². The molecule has 0 heterocycles. The van der Waals surface area contributed by atoms with Crippen molar-refractivity contribution in [1.29, 1.82) is 0 Å². The second kappa shape index (κ2) is 10.1. The Kier molecular flexibility index (Phi) is 7.56. The zero-order chi connectivity index (χ0) is 20.5. The standard InChI is InChI=1S/C21H24N2O5/c1-4-23(5-2)18-11-9-15(10-12-18)21(26)28-14-19(24)22-17-8-6-7-16(13-17)20(25)27-3/h6-13H,4-5,14H2,1-3H3,(H,22,24). The van der Waals surface area contributed by atoms with E-state index in [9.17, 15) is 14.4 Å². The summed E-state index contributed by atoms with van der Waals surface area (Å²) < 4.78 is 9.70. The highest BCUT2D eigenvalue weighted by molar-refractivity contribution is 5.97. The molecule has 0 aliphatic carbocycles. The summed E-state index contributed by atoms with van der Waals surface area (Å²) in [5.41, 5.74) is 2.11. The van der Waals surface area contributed by atoms with E-state index in [4.69, 9.17) is 4.74 Å². The summed E-state index contributed by atoms with van der Waals surface area (Å²) in [5.74, 6) is -1.59. The number of anilines is 2. The van der Waals surface area contributed by atoms with Crippen molar-refractivity contribution in [3.05, 3.63) is 59.7 Å². The summed E-state index contributed by atoms with van der Waals surface area (Å²) in [4.78, 5) is 37.8. The van der Waals surface area contributed by atoms with Gasteiger partial charge in [-0.15, -0.1) is 0 Å². The van der Waals surface area contributed by atoms with Crippen molar-refractivity contribution in [1.82, 2.24) is 0 Å². The van der Waals surface area contributed by atoms with E-state index in [2.05, 4.69) is 28.8 Å². The Morgan fingerprint density at radius 2 is 1.61 bits per heavy atom. The van der Waals surface area contributed by atoms with Crippen LogP contribution in [0, 0.1) is 0 Å². The van der Waals surface area contributed by atoms with Crippen molar-refractivity contribution in [2.24, 2.45) is 0 Å². The highest BCUT2D eigenvalue weighted by Crippen LogP contribution is 2.16. The van der Waals surface area contributed by atoms with Gasteiger partial charge in [0.1, 0.15) is 0 Å². The first-order valence-corrected chi connectivity index (χ1v) is 8.98. The Balaban J connectivity index is 1.90. The fourth-order valence-corrected chi connectivity index (χ4v) is 2.65. The SMILES string of the molecule is CCN(CC)c1ccc(C(=O)OCC(=O)Nc2cccc(C(=O)OC)c2)cc1. The minimum atomic E-state index is -0.579. The van der Waals surface area contributed by atoms with Crippen LogP contribution in [0.4, 0.5) is 11.4 Å². The quantitative estimate of drug-likeness (QED) is 0.704. The van der Waals surface area contributed by atoms with Crippen molar-refractivity contribution in [3.63, 3.8) is 0 Å². The first-order chi connectivity index (χ1) is 13.5. The van der Waals surface area contributed by atoms with Crippen LogP contribution in [-0.4, -0.2) is 44.7 Å². The lowest BCUT2D eigenvalue weighted by Crippen LogP contribution is -2.22. The highest BCUT2D eigenvalue weighted by atomic mass is 16.5. The number of benzene rings is 2. The van der Waals surface area contributed by atoms with Gasteiger partial charge in [-0.25, -0.2) is 9.59 Å². The Bertz CT molecular complexity index is 829. The number of carbonyl (C=O) groups is 3. The lowest BCUT2D eigenvalue weighted by molar-refractivity contribution is -0.119. The summed E-state index contributed by atoms with van der Waals surface area (Å²) in [6, 6.07) is 13.3. The maximum absolute atomic E-state index is 12.1. The molecule has 2 rings (SSSR count). The van der Waals surface area contributed by atoms with Crippen LogP contribution in [0.2, 0.25) is 0 Å². The Morgan fingerprint density at radius 3 is 2.21 bits per heavy atom. The van der Waals surface area contributed by atoms with E-state index in [1.165, 1.54) is 13.2 Å². The van der Waals surface area contributed by atoms with Crippen LogP contribution in [0.3, 0.4) is 0 Å². The van der Waals surface area contributed by atoms with E-state index in [1.807, 2.05) is 12.1 Å². The molecule has 28 heavy (non-hydrogen) atoms. The van der Waals surface area contributed by atoms with Crippen molar-refractivity contribution < 1.29 is 23.9 Å². The average Bonchev–Trinajstić information content (AvgIpc) is 2.73. The summed E-state index contributed by atoms with van der Waals surface area (Å²) >= 11 is 0. The number of methoxy groups -OCH3 is 1. The monoisotopic (exact) mass is 384 g/mol. The third kappa shape index (κ3) is 5.57. The zero-order valence-corrected chi connectivity index (χ0v) is 16.2. The van der Waals surface area contributed by atoms with E-state index in [0.29, 0.717) is 16.8 Å². The Morgan fingerprint density at radius 1 is 0.929 bits per heavy atom. The van der Waals surface area contributed by atoms with Gasteiger partial charge in [0.05, 0.1) is 18.2 Å². The van der Waals surface area contributed by atoms with Crippen LogP contribution >= 0.6 is 0 Å². The van der Waals surface area contributed by atoms with Crippen molar-refractivity contribution >= 4 is 29.2 Å². The van der Waals surface area contributed by atoms with E-state index < -0.39 is 24.5 Å². The van der Waals surface area contributed by atoms with Gasteiger partial charge in [0, 0.05) is 24.5 Å². The molecule has 0 bridgehead atoms. The molecule has 0 aliphatic heterocycles. The molecular formula is C21H24N2O5. The molecule has 2 aromatic rings. The first-order valence-electron chi connectivity index (χ1n) is 8.98. The predicted octanol–water partition coefficient (Wildman–Crippen LogP) is 3.11. The number of rotatable bonds is 8. The van der Waals surface area contributed by atoms with Crippen LogP contribution in [0.5, 0.6) is 0 Å². The van der Waals surface area contributed by atoms with Gasteiger partial charge in [-0.2, -0.15) is 0 Å². The van der Waals surface area contributed by atoms with Gasteiger partial charge < -0.3 is 19.7 Å². The highest BCUT2D eigenvalue weighted by Gasteiger charge is 2.12. The lowest BCUT2D eigenvalue weighted by atomic mass is 10.2. The second-order valence-electron chi connectivity index (χ2n) is 5.92. The molecule has 0 aliphatic rings. The minimum Gasteiger partial charge on any atom is -0.465 e. The van der Waals surface area contributed by atoms with E-state index >= 15 is 0 Å². The molecule has 0 atom stereocenters. The van der Waals surface area contributed by atoms with Gasteiger partial charge in [0.15, 0.2) is 6.61 Å². The van der Waals surface area contributed by atoms with Crippen LogP contribution in [0.1, 0.15) is 34.6 Å². The van der Waals surface area contributed by atoms with Gasteiger partial charge >= 0.3 is 11.9 Å². The van der Waals surface area contributed by atoms with E-state index in [-0.39, 0.29) is 0 Å². The topological polar surface area (TPSA) is 84.9 Å². The number of amides is 1. The number of carbonyl (C=O) groups excluding carboxylic acids is 3. The molecule has 0 saturated carbocycles. The molecule has 7 nitrogen and oxygen atoms in total. The summed E-state index contributed by atoms with van der Waals surface area (Å²) in [6.07, 6.45) is 0. The zero-order valence-electron chi connectivity index (χ0n) is 16.2. The molecule has 148 valence electrons. The number of ether oxygens (including phenoxy) is 2. The molecular weight excluding hydrogens is 360 g/mol. The number of hydrogen-bond donors (Lipinski definition) is 1. The predicted molar refractivity (Wildman–Crippen MR) is 107 cm³/mol. The van der Waals surface area contributed by atoms with Crippen LogP contribution in [0.25, 0.3) is 0 Å². The van der Waals surface area contributed by atoms with Crippen molar-refractivity contribution in [2.45, 2.75) is 13.8 Å². The number of nitrogens with zero attached hydrogens (tertiary/aromatic N) is 1. The number of nitrogens with one attached hydrogen (secondary N) is 1. The maximum atomic E-state index is 12.1. The molecule has 0 aromatic heterocycles. The molecule has 0 spiro atoms. The van der Waals surface area contributed by atoms with E-state index in [0.717, 1.165) is 18.8 Å². The average molecular weight is 384 g/mol. The smallest absolute Gasteiger partial charge is 0.338 e.